The second-order valence-corrected chi connectivity index (χ2v) is 1.75. The van der Waals surface area contributed by atoms with Crippen molar-refractivity contribution < 1.29 is 9.59 Å². The van der Waals surface area contributed by atoms with Crippen molar-refractivity contribution >= 4 is 11.8 Å². The summed E-state index contributed by atoms with van der Waals surface area (Å²) < 4.78 is 0. The van der Waals surface area contributed by atoms with Gasteiger partial charge in [0, 0.05) is 0 Å². The molecule has 0 saturated heterocycles. The summed E-state index contributed by atoms with van der Waals surface area (Å²) in [5.41, 5.74) is 9.04. The number of primary amides is 2. The smallest absolute Gasteiger partial charge is 0.309 e. The molecule has 0 atom stereocenters. The zero-order valence-electron chi connectivity index (χ0n) is 6.46. The van der Waals surface area contributed by atoms with Gasteiger partial charge in [-0.05, 0) is 18.6 Å². The molecular formula is C7H12N2O2. The number of allylic oxidation sites excluding steroid dienone is 2. The fourth-order valence-electron chi connectivity index (χ4n) is 0.174. The van der Waals surface area contributed by atoms with E-state index in [-0.39, 0.29) is 5.78 Å². The predicted octanol–water partition coefficient (Wildman–Crippen LogP) is 0.341. The molecular weight excluding hydrogens is 144 g/mol. The molecule has 0 spiro atoms. The maximum atomic E-state index is 10.3. The summed E-state index contributed by atoms with van der Waals surface area (Å²) in [5, 5.41) is 0. The predicted molar refractivity (Wildman–Crippen MR) is 43.8 cm³/mol. The van der Waals surface area contributed by atoms with Gasteiger partial charge in [0.25, 0.3) is 0 Å². The Morgan fingerprint density at radius 3 is 1.64 bits per heavy atom. The third-order valence-corrected chi connectivity index (χ3v) is 0.606. The third kappa shape index (κ3) is 17.8. The maximum absolute atomic E-state index is 10.3. The molecule has 0 aromatic heterocycles. The largest absolute Gasteiger partial charge is 0.352 e. The van der Waals surface area contributed by atoms with Crippen LogP contribution >= 0.6 is 0 Å². The molecule has 0 aromatic rings. The van der Waals surface area contributed by atoms with Gasteiger partial charge in [-0.3, -0.25) is 4.79 Å². The van der Waals surface area contributed by atoms with Gasteiger partial charge in [0.15, 0.2) is 5.78 Å². The molecule has 0 aromatic carbocycles. The minimum atomic E-state index is -0.833. The first-order valence-corrected chi connectivity index (χ1v) is 2.79. The minimum absolute atomic E-state index is 0.0833. The van der Waals surface area contributed by atoms with Crippen LogP contribution in [0.3, 0.4) is 0 Å². The normalized spacial score (nSPS) is 7.00. The Hall–Kier alpha value is -1.58. The third-order valence-electron chi connectivity index (χ3n) is 0.606. The molecule has 0 heterocycles. The molecule has 0 rings (SSSR count). The number of carbonyl (C=O) groups excluding carboxylic acids is 2. The Labute approximate surface area is 65.6 Å². The molecule has 0 radical (unpaired) electrons. The van der Waals surface area contributed by atoms with E-state index in [2.05, 4.69) is 24.6 Å². The Balaban J connectivity index is 0. The Morgan fingerprint density at radius 1 is 1.36 bits per heavy atom. The lowest BCUT2D eigenvalue weighted by molar-refractivity contribution is -0.111. The summed E-state index contributed by atoms with van der Waals surface area (Å²) in [7, 11) is 0. The zero-order valence-corrected chi connectivity index (χ0v) is 6.46. The lowest BCUT2D eigenvalue weighted by atomic mass is 10.2. The highest BCUT2D eigenvalue weighted by Gasteiger charge is 1.90. The fraction of sp³-hybridized carbons (Fsp3) is 0.143. The molecule has 2 amide bonds. The molecule has 4 nitrogen and oxygen atoms in total. The molecule has 0 aliphatic heterocycles. The van der Waals surface area contributed by atoms with Gasteiger partial charge in [0.1, 0.15) is 0 Å². The minimum Gasteiger partial charge on any atom is -0.352 e. The van der Waals surface area contributed by atoms with E-state index in [4.69, 9.17) is 4.79 Å². The Bertz CT molecular complexity index is 181. The van der Waals surface area contributed by atoms with Gasteiger partial charge >= 0.3 is 6.03 Å². The van der Waals surface area contributed by atoms with Crippen LogP contribution in [0.5, 0.6) is 0 Å². The highest BCUT2D eigenvalue weighted by Crippen LogP contribution is 1.87. The first-order valence-electron chi connectivity index (χ1n) is 2.79. The van der Waals surface area contributed by atoms with Crippen LogP contribution in [-0.4, -0.2) is 11.8 Å². The molecule has 0 aliphatic carbocycles. The summed E-state index contributed by atoms with van der Waals surface area (Å²) in [6.07, 6.45) is 1.25. The van der Waals surface area contributed by atoms with Crippen LogP contribution in [-0.2, 0) is 4.79 Å². The number of nitrogens with two attached hydrogens (primary N) is 2. The number of carbonyl (C=O) groups is 2. The average Bonchev–Trinajstić information content (AvgIpc) is 1.85. The zero-order chi connectivity index (χ0) is 9.44. The van der Waals surface area contributed by atoms with Crippen molar-refractivity contribution in [3.8, 4) is 0 Å². The van der Waals surface area contributed by atoms with Crippen molar-refractivity contribution in [2.45, 2.75) is 6.92 Å². The van der Waals surface area contributed by atoms with Gasteiger partial charge in [0.2, 0.25) is 0 Å². The van der Waals surface area contributed by atoms with E-state index < -0.39 is 6.03 Å². The molecule has 11 heavy (non-hydrogen) atoms. The number of hydrogen-bond acceptors (Lipinski definition) is 2. The summed E-state index contributed by atoms with van der Waals surface area (Å²) in [6.45, 7) is 8.33. The van der Waals surface area contributed by atoms with E-state index in [9.17, 15) is 4.79 Å². The van der Waals surface area contributed by atoms with Gasteiger partial charge in [-0.2, -0.15) is 0 Å². The molecule has 0 saturated carbocycles. The van der Waals surface area contributed by atoms with Crippen molar-refractivity contribution in [3.63, 3.8) is 0 Å². The van der Waals surface area contributed by atoms with E-state index in [0.29, 0.717) is 5.57 Å². The quantitative estimate of drug-likeness (QED) is 0.565. The number of ketones is 1. The monoisotopic (exact) mass is 156 g/mol. The second kappa shape index (κ2) is 6.54. The number of amides is 2. The van der Waals surface area contributed by atoms with Crippen molar-refractivity contribution in [3.05, 3.63) is 24.8 Å². The lowest BCUT2D eigenvalue weighted by Gasteiger charge is -1.83. The summed E-state index contributed by atoms with van der Waals surface area (Å²) in [6, 6.07) is -0.833. The van der Waals surface area contributed by atoms with Crippen LogP contribution in [0.1, 0.15) is 6.92 Å². The van der Waals surface area contributed by atoms with Crippen molar-refractivity contribution in [2.75, 3.05) is 0 Å². The standard InChI is InChI=1S/C6H8O.CH4N2O/c1-4-6(7)5(2)3;2-1(3)4/h4H,1-2H2,3H3;(H4,2,3,4). The van der Waals surface area contributed by atoms with Crippen molar-refractivity contribution in [1.82, 2.24) is 0 Å². The van der Waals surface area contributed by atoms with Gasteiger partial charge in [-0.25, -0.2) is 4.79 Å². The fourth-order valence-corrected chi connectivity index (χ4v) is 0.174. The molecule has 0 aliphatic rings. The van der Waals surface area contributed by atoms with Gasteiger partial charge < -0.3 is 11.5 Å². The number of rotatable bonds is 2. The van der Waals surface area contributed by atoms with E-state index in [0.717, 1.165) is 0 Å². The first-order chi connectivity index (χ1) is 4.91. The topological polar surface area (TPSA) is 86.2 Å². The molecule has 0 bridgehead atoms. The van der Waals surface area contributed by atoms with Crippen LogP contribution in [0.25, 0.3) is 0 Å². The van der Waals surface area contributed by atoms with Gasteiger partial charge in [-0.1, -0.05) is 13.2 Å². The molecule has 0 unspecified atom stereocenters. The van der Waals surface area contributed by atoms with E-state index in [1.54, 1.807) is 6.92 Å². The average molecular weight is 156 g/mol. The summed E-state index contributed by atoms with van der Waals surface area (Å²) >= 11 is 0. The van der Waals surface area contributed by atoms with E-state index >= 15 is 0 Å². The summed E-state index contributed by atoms with van der Waals surface area (Å²) in [5.74, 6) is -0.0833. The van der Waals surface area contributed by atoms with Crippen LogP contribution in [0, 0.1) is 0 Å². The lowest BCUT2D eigenvalue weighted by Crippen LogP contribution is -2.18. The highest BCUT2D eigenvalue weighted by atomic mass is 16.2. The van der Waals surface area contributed by atoms with Crippen LogP contribution in [0.15, 0.2) is 24.8 Å². The molecule has 4 heteroatoms. The number of urea groups is 1. The number of hydrogen-bond donors (Lipinski definition) is 2. The summed E-state index contributed by atoms with van der Waals surface area (Å²) in [4.78, 5) is 19.3. The van der Waals surface area contributed by atoms with Gasteiger partial charge in [0.05, 0.1) is 0 Å². The Morgan fingerprint density at radius 2 is 1.64 bits per heavy atom. The van der Waals surface area contributed by atoms with Crippen molar-refractivity contribution in [1.29, 1.82) is 0 Å². The van der Waals surface area contributed by atoms with Crippen LogP contribution < -0.4 is 11.5 Å². The highest BCUT2D eigenvalue weighted by molar-refractivity contribution is 6.02. The van der Waals surface area contributed by atoms with Crippen molar-refractivity contribution in [2.24, 2.45) is 11.5 Å². The van der Waals surface area contributed by atoms with E-state index in [1.807, 2.05) is 0 Å². The van der Waals surface area contributed by atoms with Gasteiger partial charge in [-0.15, -0.1) is 0 Å². The molecule has 4 N–H and O–H groups in total. The SMILES string of the molecule is C=CC(=O)C(=C)C.NC(N)=O. The van der Waals surface area contributed by atoms with Crippen LogP contribution in [0.4, 0.5) is 4.79 Å². The van der Waals surface area contributed by atoms with E-state index in [1.165, 1.54) is 6.08 Å². The second-order valence-electron chi connectivity index (χ2n) is 1.75. The first kappa shape index (κ1) is 12.1. The van der Waals surface area contributed by atoms with Crippen LogP contribution in [0.2, 0.25) is 0 Å². The molecule has 62 valence electrons. The maximum Gasteiger partial charge on any atom is 0.309 e. The molecule has 0 fully saturated rings. The Kier molecular flexibility index (Phi) is 7.21.